The first-order valence-corrected chi connectivity index (χ1v) is 12.9. The van der Waals surface area contributed by atoms with Gasteiger partial charge in [-0.05, 0) is 42.7 Å². The van der Waals surface area contributed by atoms with Crippen molar-refractivity contribution < 1.29 is 38.4 Å². The van der Waals surface area contributed by atoms with Gasteiger partial charge in [0.05, 0.1) is 26.9 Å². The number of Topliss-reactive ketones (excluding diaryl/α,β-unsaturated/α-hetero) is 1. The summed E-state index contributed by atoms with van der Waals surface area (Å²) < 4.78 is 21.2. The zero-order valence-corrected chi connectivity index (χ0v) is 22.2. The van der Waals surface area contributed by atoms with Crippen LogP contribution in [-0.4, -0.2) is 62.3 Å². The molecule has 3 atom stereocenters. The number of hydrogen-bond acceptors (Lipinski definition) is 10. The number of carbonyl (C=O) groups is 3. The summed E-state index contributed by atoms with van der Waals surface area (Å²) in [7, 11) is 4.04. The van der Waals surface area contributed by atoms with Crippen molar-refractivity contribution in [3.63, 3.8) is 0 Å². The molecular formula is C26H33NO8S. The standard InChI is InChI=1S/C26H33NO8S/c1-7-36-9-8-35-26(31)20-14(3)27-16-10-13(2)19(25(30)34-6)24(29)22(16)21(20)15-11-17(32-4)23(28)18(12-15)33-5/h11-13,19,21,27-28H,7-10H2,1-6H3/t13-,19+,21-/m1/s1. The Labute approximate surface area is 215 Å². The fourth-order valence-electron chi connectivity index (χ4n) is 4.78. The molecule has 0 unspecified atom stereocenters. The Kier molecular flexibility index (Phi) is 8.94. The second kappa shape index (κ2) is 11.7. The fraction of sp³-hybridized carbons (Fsp3) is 0.500. The number of rotatable bonds is 9. The molecule has 0 saturated heterocycles. The second-order valence-electron chi connectivity index (χ2n) is 8.64. The molecule has 1 aromatic rings. The van der Waals surface area contributed by atoms with Crippen LogP contribution in [-0.2, 0) is 23.9 Å². The molecule has 0 bridgehead atoms. The molecule has 9 nitrogen and oxygen atoms in total. The smallest absolute Gasteiger partial charge is 0.336 e. The summed E-state index contributed by atoms with van der Waals surface area (Å²) in [4.78, 5) is 39.8. The molecule has 196 valence electrons. The van der Waals surface area contributed by atoms with Crippen molar-refractivity contribution in [1.29, 1.82) is 0 Å². The number of carbonyl (C=O) groups excluding carboxylic acids is 3. The van der Waals surface area contributed by atoms with E-state index in [0.717, 1.165) is 5.75 Å². The highest BCUT2D eigenvalue weighted by Crippen LogP contribution is 2.48. The molecule has 3 rings (SSSR count). The Morgan fingerprint density at radius 1 is 1.17 bits per heavy atom. The number of ether oxygens (including phenoxy) is 4. The third-order valence-corrected chi connectivity index (χ3v) is 7.33. The molecule has 10 heteroatoms. The van der Waals surface area contributed by atoms with Crippen LogP contribution < -0.4 is 14.8 Å². The molecule has 0 aromatic heterocycles. The van der Waals surface area contributed by atoms with Crippen LogP contribution in [0.15, 0.2) is 34.7 Å². The van der Waals surface area contributed by atoms with Crippen molar-refractivity contribution in [2.45, 2.75) is 33.1 Å². The molecule has 2 N–H and O–H groups in total. The van der Waals surface area contributed by atoms with Crippen LogP contribution in [0.5, 0.6) is 17.2 Å². The average Bonchev–Trinajstić information content (AvgIpc) is 2.85. The number of thioether (sulfide) groups is 1. The number of benzene rings is 1. The van der Waals surface area contributed by atoms with Crippen LogP contribution in [0.1, 0.15) is 38.7 Å². The van der Waals surface area contributed by atoms with Gasteiger partial charge in [0, 0.05) is 28.6 Å². The van der Waals surface area contributed by atoms with Crippen molar-refractivity contribution >= 4 is 29.5 Å². The Morgan fingerprint density at radius 3 is 2.36 bits per heavy atom. The monoisotopic (exact) mass is 519 g/mol. The zero-order valence-electron chi connectivity index (χ0n) is 21.4. The summed E-state index contributed by atoms with van der Waals surface area (Å²) in [5, 5.41) is 13.7. The van der Waals surface area contributed by atoms with Crippen molar-refractivity contribution in [2.75, 3.05) is 39.4 Å². The molecule has 0 saturated carbocycles. The first kappa shape index (κ1) is 27.4. The van der Waals surface area contributed by atoms with E-state index >= 15 is 0 Å². The highest BCUT2D eigenvalue weighted by molar-refractivity contribution is 7.99. The maximum absolute atomic E-state index is 13.8. The van der Waals surface area contributed by atoms with E-state index in [0.29, 0.717) is 34.7 Å². The van der Waals surface area contributed by atoms with Crippen molar-refractivity contribution in [3.8, 4) is 17.2 Å². The van der Waals surface area contributed by atoms with Crippen LogP contribution in [0.25, 0.3) is 0 Å². The minimum absolute atomic E-state index is 0.121. The number of methoxy groups -OCH3 is 3. The first-order chi connectivity index (χ1) is 17.2. The second-order valence-corrected chi connectivity index (χ2v) is 10.0. The molecule has 1 aromatic carbocycles. The van der Waals surface area contributed by atoms with Gasteiger partial charge in [-0.15, -0.1) is 0 Å². The van der Waals surface area contributed by atoms with E-state index in [2.05, 4.69) is 5.32 Å². The highest BCUT2D eigenvalue weighted by Gasteiger charge is 2.47. The third kappa shape index (κ3) is 5.18. The van der Waals surface area contributed by atoms with Crippen molar-refractivity contribution in [2.24, 2.45) is 11.8 Å². The molecule has 0 radical (unpaired) electrons. The van der Waals surface area contributed by atoms with Crippen LogP contribution in [0.2, 0.25) is 0 Å². The molecule has 1 aliphatic carbocycles. The van der Waals surface area contributed by atoms with E-state index in [1.807, 2.05) is 13.8 Å². The van der Waals surface area contributed by atoms with Gasteiger partial charge in [-0.3, -0.25) is 9.59 Å². The van der Waals surface area contributed by atoms with Gasteiger partial charge in [-0.2, -0.15) is 11.8 Å². The Balaban J connectivity index is 2.19. The van der Waals surface area contributed by atoms with E-state index < -0.39 is 29.6 Å². The van der Waals surface area contributed by atoms with Crippen LogP contribution >= 0.6 is 11.8 Å². The molecule has 0 amide bonds. The number of phenolic OH excluding ortho intramolecular Hbond substituents is 1. The molecule has 0 spiro atoms. The largest absolute Gasteiger partial charge is 0.502 e. The van der Waals surface area contributed by atoms with Gasteiger partial charge in [0.15, 0.2) is 17.3 Å². The van der Waals surface area contributed by atoms with Gasteiger partial charge in [-0.25, -0.2) is 4.79 Å². The first-order valence-electron chi connectivity index (χ1n) is 11.7. The summed E-state index contributed by atoms with van der Waals surface area (Å²) in [6, 6.07) is 3.12. The topological polar surface area (TPSA) is 120 Å². The molecule has 1 aliphatic heterocycles. The Hall–Kier alpha value is -3.14. The number of nitrogens with one attached hydrogen (secondary N) is 1. The third-order valence-electron chi connectivity index (χ3n) is 6.46. The number of aromatic hydroxyl groups is 1. The van der Waals surface area contributed by atoms with Gasteiger partial charge < -0.3 is 29.4 Å². The lowest BCUT2D eigenvalue weighted by Gasteiger charge is -2.38. The zero-order chi connectivity index (χ0) is 26.6. The van der Waals surface area contributed by atoms with Gasteiger partial charge in [0.1, 0.15) is 12.5 Å². The number of allylic oxidation sites excluding steroid dienone is 3. The predicted octanol–water partition coefficient (Wildman–Crippen LogP) is 3.32. The van der Waals surface area contributed by atoms with Crippen LogP contribution in [0.3, 0.4) is 0 Å². The lowest BCUT2D eigenvalue weighted by atomic mass is 9.69. The number of esters is 2. The van der Waals surface area contributed by atoms with Crippen molar-refractivity contribution in [1.82, 2.24) is 5.32 Å². The number of dihydropyridines is 1. The molecular weight excluding hydrogens is 486 g/mol. The highest BCUT2D eigenvalue weighted by atomic mass is 32.2. The van der Waals surface area contributed by atoms with Gasteiger partial charge in [0.25, 0.3) is 0 Å². The van der Waals surface area contributed by atoms with E-state index in [1.165, 1.54) is 21.3 Å². The fourth-order valence-corrected chi connectivity index (χ4v) is 5.27. The minimum Gasteiger partial charge on any atom is -0.502 e. The van der Waals surface area contributed by atoms with Crippen LogP contribution in [0.4, 0.5) is 0 Å². The number of phenols is 1. The van der Waals surface area contributed by atoms with Crippen LogP contribution in [0, 0.1) is 11.8 Å². The Bertz CT molecular complexity index is 1080. The van der Waals surface area contributed by atoms with Gasteiger partial charge in [0.2, 0.25) is 5.75 Å². The maximum atomic E-state index is 13.8. The summed E-state index contributed by atoms with van der Waals surface area (Å²) in [5.41, 5.74) is 2.21. The van der Waals surface area contributed by atoms with E-state index in [9.17, 15) is 19.5 Å². The normalized spacial score (nSPS) is 21.5. The van der Waals surface area contributed by atoms with E-state index in [4.69, 9.17) is 18.9 Å². The average molecular weight is 520 g/mol. The van der Waals surface area contributed by atoms with E-state index in [-0.39, 0.29) is 35.3 Å². The Morgan fingerprint density at radius 2 is 1.81 bits per heavy atom. The predicted molar refractivity (Wildman–Crippen MR) is 135 cm³/mol. The van der Waals surface area contributed by atoms with Gasteiger partial charge >= 0.3 is 11.9 Å². The lowest BCUT2D eigenvalue weighted by molar-refractivity contribution is -0.151. The quantitative estimate of drug-likeness (QED) is 0.286. The molecule has 2 aliphatic rings. The minimum atomic E-state index is -1.00. The number of ketones is 1. The summed E-state index contributed by atoms with van der Waals surface area (Å²) in [5.74, 6) is -2.20. The maximum Gasteiger partial charge on any atom is 0.336 e. The molecule has 36 heavy (non-hydrogen) atoms. The summed E-state index contributed by atoms with van der Waals surface area (Å²) in [6.45, 7) is 5.81. The summed E-state index contributed by atoms with van der Waals surface area (Å²) in [6.07, 6.45) is 0.413. The summed E-state index contributed by atoms with van der Waals surface area (Å²) >= 11 is 1.65. The van der Waals surface area contributed by atoms with Gasteiger partial charge in [-0.1, -0.05) is 13.8 Å². The molecule has 0 fully saturated rings. The van der Waals surface area contributed by atoms with Crippen molar-refractivity contribution in [3.05, 3.63) is 40.2 Å². The molecule has 1 heterocycles. The number of hydrogen-bond donors (Lipinski definition) is 2. The SMILES string of the molecule is CCSCCOC(=O)C1=C(C)NC2=C(C(=O)[C@@H](C(=O)OC)[C@H](C)C2)[C@@H]1c1cc(OC)c(O)c(OC)c1. The van der Waals surface area contributed by atoms with E-state index in [1.54, 1.807) is 30.8 Å². The lowest BCUT2D eigenvalue weighted by Crippen LogP contribution is -2.43.